The van der Waals surface area contributed by atoms with Crippen molar-refractivity contribution >= 4 is 22.6 Å². The van der Waals surface area contributed by atoms with Crippen molar-refractivity contribution in [1.29, 1.82) is 0 Å². The number of rotatable bonds is 6. The molecule has 0 radical (unpaired) electrons. The largest absolute Gasteiger partial charge is 0.477 e. The van der Waals surface area contributed by atoms with Crippen molar-refractivity contribution in [3.8, 4) is 0 Å². The minimum atomic E-state index is -1.28. The molecule has 2 aromatic rings. The lowest BCUT2D eigenvalue weighted by molar-refractivity contribution is 0.0695. The van der Waals surface area contributed by atoms with Crippen molar-refractivity contribution < 1.29 is 14.3 Å². The first-order valence-electron chi connectivity index (χ1n) is 9.12. The smallest absolute Gasteiger partial charge is 0.341 e. The van der Waals surface area contributed by atoms with E-state index in [1.165, 1.54) is 25.1 Å². The van der Waals surface area contributed by atoms with Crippen LogP contribution >= 0.6 is 0 Å². The van der Waals surface area contributed by atoms with E-state index >= 15 is 0 Å². The molecule has 0 bridgehead atoms. The fraction of sp³-hybridized carbons (Fsp3) is 0.474. The molecule has 1 aliphatic heterocycles. The highest BCUT2D eigenvalue weighted by Gasteiger charge is 2.27. The summed E-state index contributed by atoms with van der Waals surface area (Å²) in [5.41, 5.74) is 0.00611. The molecule has 26 heavy (non-hydrogen) atoms. The topological polar surface area (TPSA) is 74.6 Å². The second-order valence-electron chi connectivity index (χ2n) is 7.14. The maximum Gasteiger partial charge on any atom is 0.341 e. The average Bonchev–Trinajstić information content (AvgIpc) is 3.32. The van der Waals surface area contributed by atoms with Crippen LogP contribution in [-0.2, 0) is 0 Å². The first-order chi connectivity index (χ1) is 12.5. The number of pyridine rings is 1. The lowest BCUT2D eigenvalue weighted by Crippen LogP contribution is -2.26. The van der Waals surface area contributed by atoms with Gasteiger partial charge in [-0.05, 0) is 50.9 Å². The Balaban J connectivity index is 1.68. The van der Waals surface area contributed by atoms with Gasteiger partial charge in [-0.2, -0.15) is 0 Å². The Hall–Kier alpha value is -2.41. The van der Waals surface area contributed by atoms with E-state index in [-0.39, 0.29) is 17.0 Å². The molecule has 6 nitrogen and oxygen atoms in total. The maximum absolute atomic E-state index is 14.5. The van der Waals surface area contributed by atoms with Gasteiger partial charge >= 0.3 is 5.97 Å². The highest BCUT2D eigenvalue weighted by Crippen LogP contribution is 2.37. The third kappa shape index (κ3) is 3.19. The molecular weight excluding hydrogens is 337 g/mol. The third-order valence-corrected chi connectivity index (χ3v) is 5.23. The Morgan fingerprint density at radius 2 is 2.00 bits per heavy atom. The summed E-state index contributed by atoms with van der Waals surface area (Å²) in [6.07, 6.45) is 5.70. The molecule has 2 aliphatic rings. The Kier molecular flexibility index (Phi) is 4.40. The van der Waals surface area contributed by atoms with E-state index in [0.29, 0.717) is 17.7 Å². The lowest BCUT2D eigenvalue weighted by Gasteiger charge is -2.17. The Morgan fingerprint density at radius 3 is 2.65 bits per heavy atom. The number of benzene rings is 1. The van der Waals surface area contributed by atoms with Crippen LogP contribution in [0.15, 0.2) is 23.1 Å². The van der Waals surface area contributed by atoms with Gasteiger partial charge in [0.2, 0.25) is 5.43 Å². The van der Waals surface area contributed by atoms with Gasteiger partial charge in [0.15, 0.2) is 0 Å². The highest BCUT2D eigenvalue weighted by atomic mass is 19.1. The molecule has 4 rings (SSSR count). The minimum absolute atomic E-state index is 0.124. The third-order valence-electron chi connectivity index (χ3n) is 5.23. The van der Waals surface area contributed by atoms with Gasteiger partial charge in [0.25, 0.3) is 0 Å². The number of hydrogen-bond acceptors (Lipinski definition) is 4. The van der Waals surface area contributed by atoms with Crippen LogP contribution in [0.2, 0.25) is 0 Å². The molecule has 2 heterocycles. The number of carboxylic acids is 1. The van der Waals surface area contributed by atoms with E-state index < -0.39 is 17.2 Å². The van der Waals surface area contributed by atoms with Gasteiger partial charge in [0, 0.05) is 30.7 Å². The van der Waals surface area contributed by atoms with Crippen molar-refractivity contribution in [3.63, 3.8) is 0 Å². The zero-order valence-electron chi connectivity index (χ0n) is 14.5. The van der Waals surface area contributed by atoms with Gasteiger partial charge in [-0.1, -0.05) is 0 Å². The van der Waals surface area contributed by atoms with E-state index in [1.807, 2.05) is 4.57 Å². The summed E-state index contributed by atoms with van der Waals surface area (Å²) in [6, 6.07) is 2.99. The molecule has 1 aliphatic carbocycles. The number of carboxylic acid groups (broad SMARTS) is 1. The van der Waals surface area contributed by atoms with E-state index in [1.54, 1.807) is 6.07 Å². The Labute approximate surface area is 150 Å². The standard InChI is InChI=1S/C19H22FN3O3/c20-15-9-13-17(10-16(15)21-5-8-22-6-1-2-7-22)23(12-3-4-12)11-14(18(13)24)19(25)26/h9-12,21H,1-8H2,(H,25,26). The van der Waals surface area contributed by atoms with Crippen LogP contribution in [0.1, 0.15) is 42.1 Å². The van der Waals surface area contributed by atoms with Crippen LogP contribution in [0.4, 0.5) is 10.1 Å². The summed E-state index contributed by atoms with van der Waals surface area (Å²) in [6.45, 7) is 3.65. The number of carbonyl (C=O) groups is 1. The number of likely N-dealkylation sites (tertiary alicyclic amines) is 1. The first kappa shape index (κ1) is 17.0. The number of halogens is 1. The second kappa shape index (κ2) is 6.72. The molecule has 0 amide bonds. The van der Waals surface area contributed by atoms with Crippen LogP contribution in [0.25, 0.3) is 10.9 Å². The number of aromatic carboxylic acids is 1. The zero-order valence-corrected chi connectivity index (χ0v) is 14.5. The van der Waals surface area contributed by atoms with Crippen molar-refractivity contribution in [2.45, 2.75) is 31.7 Å². The number of nitrogens with zero attached hydrogens (tertiary/aromatic N) is 2. The molecule has 1 saturated carbocycles. The fourth-order valence-electron chi connectivity index (χ4n) is 3.67. The van der Waals surface area contributed by atoms with Crippen LogP contribution in [0.3, 0.4) is 0 Å². The molecule has 7 heteroatoms. The molecule has 2 fully saturated rings. The quantitative estimate of drug-likeness (QED) is 0.829. The Morgan fingerprint density at radius 1 is 1.27 bits per heavy atom. The summed E-state index contributed by atoms with van der Waals surface area (Å²) in [7, 11) is 0. The minimum Gasteiger partial charge on any atom is -0.477 e. The van der Waals surface area contributed by atoms with Crippen molar-refractivity contribution in [2.24, 2.45) is 0 Å². The molecule has 2 N–H and O–H groups in total. The van der Waals surface area contributed by atoms with Crippen molar-refractivity contribution in [1.82, 2.24) is 9.47 Å². The van der Waals surface area contributed by atoms with E-state index in [2.05, 4.69) is 10.2 Å². The van der Waals surface area contributed by atoms with Gasteiger partial charge in [0.05, 0.1) is 11.2 Å². The van der Waals surface area contributed by atoms with Gasteiger partial charge in [-0.25, -0.2) is 9.18 Å². The summed E-state index contributed by atoms with van der Waals surface area (Å²) >= 11 is 0. The Bertz CT molecular complexity index is 914. The number of aromatic nitrogens is 1. The zero-order chi connectivity index (χ0) is 18.3. The second-order valence-corrected chi connectivity index (χ2v) is 7.14. The fourth-order valence-corrected chi connectivity index (χ4v) is 3.67. The average molecular weight is 359 g/mol. The van der Waals surface area contributed by atoms with Gasteiger partial charge < -0.3 is 19.9 Å². The molecule has 0 spiro atoms. The molecule has 1 aromatic heterocycles. The van der Waals surface area contributed by atoms with Gasteiger partial charge in [-0.3, -0.25) is 4.79 Å². The van der Waals surface area contributed by atoms with Crippen LogP contribution in [0, 0.1) is 5.82 Å². The summed E-state index contributed by atoms with van der Waals surface area (Å²) < 4.78 is 16.3. The number of fused-ring (bicyclic) bond motifs is 1. The number of nitrogens with one attached hydrogen (secondary N) is 1. The summed E-state index contributed by atoms with van der Waals surface area (Å²) in [5, 5.41) is 12.5. The van der Waals surface area contributed by atoms with Crippen molar-refractivity contribution in [2.75, 3.05) is 31.5 Å². The van der Waals surface area contributed by atoms with Crippen LogP contribution in [0.5, 0.6) is 0 Å². The van der Waals surface area contributed by atoms with Crippen molar-refractivity contribution in [3.05, 3.63) is 39.9 Å². The van der Waals surface area contributed by atoms with Gasteiger partial charge in [0.1, 0.15) is 11.4 Å². The number of hydrogen-bond donors (Lipinski definition) is 2. The molecule has 1 aromatic carbocycles. The monoisotopic (exact) mass is 359 g/mol. The molecule has 0 unspecified atom stereocenters. The maximum atomic E-state index is 14.5. The predicted molar refractivity (Wildman–Crippen MR) is 97.6 cm³/mol. The SMILES string of the molecule is O=C(O)c1cn(C2CC2)c2cc(NCCN3CCCC3)c(F)cc2c1=O. The lowest BCUT2D eigenvalue weighted by atomic mass is 10.1. The molecule has 138 valence electrons. The molecular formula is C19H22FN3O3. The van der Waals surface area contributed by atoms with E-state index in [0.717, 1.165) is 32.5 Å². The van der Waals surface area contributed by atoms with Crippen LogP contribution in [-0.4, -0.2) is 46.7 Å². The highest BCUT2D eigenvalue weighted by molar-refractivity contribution is 5.93. The van der Waals surface area contributed by atoms with Crippen LogP contribution < -0.4 is 10.7 Å². The van der Waals surface area contributed by atoms with E-state index in [4.69, 9.17) is 0 Å². The summed E-state index contributed by atoms with van der Waals surface area (Å²) in [5.74, 6) is -1.81. The van der Waals surface area contributed by atoms with E-state index in [9.17, 15) is 19.1 Å². The number of anilines is 1. The predicted octanol–water partition coefficient (Wildman–Crippen LogP) is 2.68. The molecule has 0 atom stereocenters. The first-order valence-corrected chi connectivity index (χ1v) is 9.12. The van der Waals surface area contributed by atoms with Gasteiger partial charge in [-0.15, -0.1) is 0 Å². The molecule has 1 saturated heterocycles. The normalized spacial score (nSPS) is 17.7. The summed E-state index contributed by atoms with van der Waals surface area (Å²) in [4.78, 5) is 26.1.